The highest BCUT2D eigenvalue weighted by Crippen LogP contribution is 2.38. The van der Waals surface area contributed by atoms with Crippen LogP contribution in [-0.4, -0.2) is 11.3 Å². The van der Waals surface area contributed by atoms with Crippen molar-refractivity contribution in [3.05, 3.63) is 0 Å². The molecule has 0 aliphatic heterocycles. The topological polar surface area (TPSA) is 46.2 Å². The second-order valence-corrected chi connectivity index (χ2v) is 5.12. The lowest BCUT2D eigenvalue weighted by Crippen LogP contribution is -2.41. The Labute approximate surface area is 102 Å². The van der Waals surface area contributed by atoms with Gasteiger partial charge in [0, 0.05) is 5.41 Å². The van der Waals surface area contributed by atoms with E-state index in [2.05, 4.69) is 20.8 Å². The van der Waals surface area contributed by atoms with E-state index in [4.69, 9.17) is 5.73 Å². The van der Waals surface area contributed by atoms with Gasteiger partial charge in [0.15, 0.2) is 0 Å². The van der Waals surface area contributed by atoms with E-state index >= 15 is 0 Å². The van der Waals surface area contributed by atoms with Crippen LogP contribution in [0.25, 0.3) is 0 Å². The third-order valence-electron chi connectivity index (χ3n) is 3.71. The highest BCUT2D eigenvalue weighted by molar-refractivity contribution is 4.83. The molecule has 0 aliphatic carbocycles. The van der Waals surface area contributed by atoms with Crippen LogP contribution in [0.3, 0.4) is 0 Å². The molecule has 0 saturated carbocycles. The first-order chi connectivity index (χ1) is 7.63. The molecule has 0 spiro atoms. The summed E-state index contributed by atoms with van der Waals surface area (Å²) in [5, 5.41) is 9.92. The van der Waals surface area contributed by atoms with Crippen LogP contribution < -0.4 is 5.73 Å². The second-order valence-electron chi connectivity index (χ2n) is 5.12. The number of unbranched alkanes of at least 4 members (excludes halogenated alkanes) is 3. The molecule has 0 aromatic carbocycles. The predicted molar refractivity (Wildman–Crippen MR) is 71.2 cm³/mol. The molecule has 98 valence electrons. The average Bonchev–Trinajstić information content (AvgIpc) is 2.28. The summed E-state index contributed by atoms with van der Waals surface area (Å²) in [7, 11) is 0. The van der Waals surface area contributed by atoms with Crippen molar-refractivity contribution in [3.63, 3.8) is 0 Å². The van der Waals surface area contributed by atoms with Gasteiger partial charge in [-0.25, -0.2) is 0 Å². The molecular weight excluding hydrogens is 198 g/mol. The first-order valence-corrected chi connectivity index (χ1v) is 7.06. The van der Waals surface area contributed by atoms with Crippen molar-refractivity contribution in [3.8, 4) is 0 Å². The maximum absolute atomic E-state index is 9.92. The number of aliphatic hydroxyl groups excluding tert-OH is 1. The van der Waals surface area contributed by atoms with Gasteiger partial charge in [0.05, 0.1) is 0 Å². The number of aliphatic hydroxyl groups is 1. The van der Waals surface area contributed by atoms with Gasteiger partial charge < -0.3 is 10.8 Å². The molecule has 0 radical (unpaired) electrons. The van der Waals surface area contributed by atoms with Gasteiger partial charge in [-0.15, -0.1) is 0 Å². The molecule has 2 nitrogen and oxygen atoms in total. The van der Waals surface area contributed by atoms with Crippen LogP contribution in [0.1, 0.15) is 78.6 Å². The second kappa shape index (κ2) is 9.00. The number of rotatable bonds is 10. The lowest BCUT2D eigenvalue weighted by Gasteiger charge is -2.37. The van der Waals surface area contributed by atoms with Crippen LogP contribution in [-0.2, 0) is 0 Å². The Bertz CT molecular complexity index is 135. The average molecular weight is 229 g/mol. The standard InChI is InChI=1S/C14H31NO/c1-4-7-10-14(13(15)16,11-8-5-2)12-9-6-3/h13,16H,4-12,15H2,1-3H3. The Kier molecular flexibility index (Phi) is 8.96. The van der Waals surface area contributed by atoms with Gasteiger partial charge in [-0.2, -0.15) is 0 Å². The maximum atomic E-state index is 9.92. The number of hydrogen-bond acceptors (Lipinski definition) is 2. The molecule has 0 aromatic heterocycles. The summed E-state index contributed by atoms with van der Waals surface area (Å²) < 4.78 is 0. The summed E-state index contributed by atoms with van der Waals surface area (Å²) in [6, 6.07) is 0. The van der Waals surface area contributed by atoms with Gasteiger partial charge in [0.25, 0.3) is 0 Å². The van der Waals surface area contributed by atoms with E-state index in [1.807, 2.05) is 0 Å². The van der Waals surface area contributed by atoms with Crippen LogP contribution >= 0.6 is 0 Å². The van der Waals surface area contributed by atoms with E-state index in [1.165, 1.54) is 38.5 Å². The maximum Gasteiger partial charge on any atom is 0.108 e. The highest BCUT2D eigenvalue weighted by Gasteiger charge is 2.33. The Morgan fingerprint density at radius 2 is 1.19 bits per heavy atom. The highest BCUT2D eigenvalue weighted by atomic mass is 16.3. The molecule has 2 heteroatoms. The van der Waals surface area contributed by atoms with Gasteiger partial charge >= 0.3 is 0 Å². The van der Waals surface area contributed by atoms with Crippen LogP contribution in [0.4, 0.5) is 0 Å². The van der Waals surface area contributed by atoms with E-state index < -0.39 is 6.23 Å². The molecule has 0 aromatic rings. The van der Waals surface area contributed by atoms with Crippen molar-refractivity contribution in [1.82, 2.24) is 0 Å². The molecule has 1 unspecified atom stereocenters. The van der Waals surface area contributed by atoms with E-state index in [-0.39, 0.29) is 5.41 Å². The SMILES string of the molecule is CCCCC(CCCC)(CCCC)C(N)O. The lowest BCUT2D eigenvalue weighted by molar-refractivity contribution is 0.00346. The summed E-state index contributed by atoms with van der Waals surface area (Å²) in [6.07, 6.45) is 9.72. The minimum absolute atomic E-state index is 0.0119. The van der Waals surface area contributed by atoms with E-state index in [9.17, 15) is 5.11 Å². The lowest BCUT2D eigenvalue weighted by atomic mass is 9.73. The summed E-state index contributed by atoms with van der Waals surface area (Å²) in [6.45, 7) is 6.61. The molecule has 0 amide bonds. The molecule has 3 N–H and O–H groups in total. The van der Waals surface area contributed by atoms with Gasteiger partial charge in [-0.3, -0.25) is 0 Å². The third kappa shape index (κ3) is 5.31. The fourth-order valence-corrected chi connectivity index (χ4v) is 2.41. The largest absolute Gasteiger partial charge is 0.378 e. The van der Waals surface area contributed by atoms with Gasteiger partial charge in [0.1, 0.15) is 6.23 Å². The van der Waals surface area contributed by atoms with E-state index in [1.54, 1.807) is 0 Å². The Morgan fingerprint density at radius 1 is 0.875 bits per heavy atom. The Morgan fingerprint density at radius 3 is 1.38 bits per heavy atom. The zero-order valence-electron chi connectivity index (χ0n) is 11.5. The van der Waals surface area contributed by atoms with Gasteiger partial charge in [-0.05, 0) is 19.3 Å². The first kappa shape index (κ1) is 15.9. The zero-order chi connectivity index (χ0) is 12.4. The van der Waals surface area contributed by atoms with Crippen LogP contribution in [0.2, 0.25) is 0 Å². The quantitative estimate of drug-likeness (QED) is 0.559. The molecule has 0 saturated heterocycles. The summed E-state index contributed by atoms with van der Waals surface area (Å²) in [4.78, 5) is 0. The fraction of sp³-hybridized carbons (Fsp3) is 1.00. The third-order valence-corrected chi connectivity index (χ3v) is 3.71. The summed E-state index contributed by atoms with van der Waals surface area (Å²) in [5.74, 6) is 0. The summed E-state index contributed by atoms with van der Waals surface area (Å²) >= 11 is 0. The van der Waals surface area contributed by atoms with Gasteiger partial charge in [-0.1, -0.05) is 59.3 Å². The van der Waals surface area contributed by atoms with Crippen molar-refractivity contribution in [2.75, 3.05) is 0 Å². The molecule has 1 atom stereocenters. The normalized spacial score (nSPS) is 14.1. The molecule has 0 bridgehead atoms. The minimum atomic E-state index is -0.642. The van der Waals surface area contributed by atoms with E-state index in [0.29, 0.717) is 0 Å². The monoisotopic (exact) mass is 229 g/mol. The Balaban J connectivity index is 4.46. The smallest absolute Gasteiger partial charge is 0.108 e. The van der Waals surface area contributed by atoms with Crippen molar-refractivity contribution in [1.29, 1.82) is 0 Å². The molecular formula is C14H31NO. The molecule has 0 rings (SSSR count). The van der Waals surface area contributed by atoms with Crippen molar-refractivity contribution < 1.29 is 5.11 Å². The molecule has 0 heterocycles. The fourth-order valence-electron chi connectivity index (χ4n) is 2.41. The van der Waals surface area contributed by atoms with Gasteiger partial charge in [0.2, 0.25) is 0 Å². The van der Waals surface area contributed by atoms with Crippen molar-refractivity contribution >= 4 is 0 Å². The number of hydrogen-bond donors (Lipinski definition) is 2. The molecule has 0 aliphatic rings. The Hall–Kier alpha value is -0.0800. The predicted octanol–water partition coefficient (Wildman–Crippen LogP) is 3.82. The van der Waals surface area contributed by atoms with E-state index in [0.717, 1.165) is 19.3 Å². The molecule has 0 fully saturated rings. The number of nitrogens with two attached hydrogens (primary N) is 1. The first-order valence-electron chi connectivity index (χ1n) is 7.06. The van der Waals surface area contributed by atoms with Crippen molar-refractivity contribution in [2.24, 2.45) is 11.1 Å². The molecule has 16 heavy (non-hydrogen) atoms. The minimum Gasteiger partial charge on any atom is -0.378 e. The summed E-state index contributed by atoms with van der Waals surface area (Å²) in [5.41, 5.74) is 5.84. The zero-order valence-corrected chi connectivity index (χ0v) is 11.5. The van der Waals surface area contributed by atoms with Crippen LogP contribution in [0, 0.1) is 5.41 Å². The van der Waals surface area contributed by atoms with Crippen LogP contribution in [0.5, 0.6) is 0 Å². The van der Waals surface area contributed by atoms with Crippen molar-refractivity contribution in [2.45, 2.75) is 84.8 Å². The van der Waals surface area contributed by atoms with Crippen LogP contribution in [0.15, 0.2) is 0 Å².